The van der Waals surface area contributed by atoms with Gasteiger partial charge in [0.15, 0.2) is 0 Å². The number of benzene rings is 1. The van der Waals surface area contributed by atoms with Crippen LogP contribution in [0.15, 0.2) is 27.1 Å². The Morgan fingerprint density at radius 3 is 2.29 bits per heavy atom. The van der Waals surface area contributed by atoms with Crippen LogP contribution >= 0.6 is 31.9 Å². The van der Waals surface area contributed by atoms with E-state index in [1.54, 1.807) is 0 Å². The van der Waals surface area contributed by atoms with Crippen molar-refractivity contribution in [1.29, 1.82) is 0 Å². The van der Waals surface area contributed by atoms with E-state index in [-0.39, 0.29) is 0 Å². The molecule has 1 aliphatic rings. The summed E-state index contributed by atoms with van der Waals surface area (Å²) in [6.07, 6.45) is 4.07. The van der Waals surface area contributed by atoms with E-state index in [4.69, 9.17) is 0 Å². The first-order valence-corrected chi connectivity index (χ1v) is 6.51. The molecule has 0 amide bonds. The summed E-state index contributed by atoms with van der Waals surface area (Å²) < 4.78 is 2.27. The van der Waals surface area contributed by atoms with E-state index < -0.39 is 0 Å². The Hall–Kier alpha value is 0.140. The Balaban J connectivity index is 1.94. The van der Waals surface area contributed by atoms with Gasteiger partial charge in [0.05, 0.1) is 0 Å². The molecule has 0 unspecified atom stereocenters. The van der Waals surface area contributed by atoms with Gasteiger partial charge in [-0.05, 0) is 36.6 Å². The van der Waals surface area contributed by atoms with Crippen molar-refractivity contribution >= 4 is 31.9 Å². The summed E-state index contributed by atoms with van der Waals surface area (Å²) >= 11 is 6.99. The SMILES string of the molecule is Brc1cc(Br)cc(CNC2CCC2)c1. The van der Waals surface area contributed by atoms with Crippen LogP contribution in [-0.2, 0) is 6.54 Å². The molecule has 0 spiro atoms. The summed E-state index contributed by atoms with van der Waals surface area (Å²) in [4.78, 5) is 0. The molecular formula is C11H13Br2N. The van der Waals surface area contributed by atoms with Crippen molar-refractivity contribution in [2.75, 3.05) is 0 Å². The quantitative estimate of drug-likeness (QED) is 0.892. The largest absolute Gasteiger partial charge is 0.310 e. The molecule has 0 aromatic heterocycles. The van der Waals surface area contributed by atoms with Gasteiger partial charge in [0, 0.05) is 21.5 Å². The Morgan fingerprint density at radius 2 is 1.79 bits per heavy atom. The molecule has 3 heteroatoms. The van der Waals surface area contributed by atoms with Gasteiger partial charge in [-0.15, -0.1) is 0 Å². The second-order valence-electron chi connectivity index (χ2n) is 3.79. The Morgan fingerprint density at radius 1 is 1.14 bits per heavy atom. The van der Waals surface area contributed by atoms with Gasteiger partial charge >= 0.3 is 0 Å². The fraction of sp³-hybridized carbons (Fsp3) is 0.455. The van der Waals surface area contributed by atoms with Crippen molar-refractivity contribution in [3.05, 3.63) is 32.7 Å². The maximum absolute atomic E-state index is 3.55. The van der Waals surface area contributed by atoms with Gasteiger partial charge in [0.1, 0.15) is 0 Å². The molecule has 1 nitrogen and oxygen atoms in total. The van der Waals surface area contributed by atoms with E-state index in [1.165, 1.54) is 24.8 Å². The van der Waals surface area contributed by atoms with Crippen LogP contribution in [0.1, 0.15) is 24.8 Å². The highest BCUT2D eigenvalue weighted by Crippen LogP contribution is 2.22. The molecule has 1 aliphatic carbocycles. The second-order valence-corrected chi connectivity index (χ2v) is 5.62. The van der Waals surface area contributed by atoms with E-state index in [2.05, 4.69) is 55.4 Å². The van der Waals surface area contributed by atoms with Crippen LogP contribution in [0, 0.1) is 0 Å². The molecule has 1 saturated carbocycles. The zero-order chi connectivity index (χ0) is 9.97. The first-order valence-electron chi connectivity index (χ1n) is 4.92. The molecule has 0 aliphatic heterocycles. The van der Waals surface area contributed by atoms with Crippen molar-refractivity contribution in [3.63, 3.8) is 0 Å². The Labute approximate surface area is 102 Å². The van der Waals surface area contributed by atoms with Crippen LogP contribution in [0.3, 0.4) is 0 Å². The van der Waals surface area contributed by atoms with E-state index in [0.717, 1.165) is 21.5 Å². The van der Waals surface area contributed by atoms with Crippen molar-refractivity contribution in [2.24, 2.45) is 0 Å². The summed E-state index contributed by atoms with van der Waals surface area (Å²) in [6.45, 7) is 0.975. The molecule has 0 heterocycles. The highest BCUT2D eigenvalue weighted by atomic mass is 79.9. The molecule has 0 saturated heterocycles. The lowest BCUT2D eigenvalue weighted by molar-refractivity contribution is 0.338. The summed E-state index contributed by atoms with van der Waals surface area (Å²) in [6, 6.07) is 7.15. The van der Waals surface area contributed by atoms with Crippen LogP contribution in [0.25, 0.3) is 0 Å². The van der Waals surface area contributed by atoms with E-state index >= 15 is 0 Å². The molecular weight excluding hydrogens is 306 g/mol. The third kappa shape index (κ3) is 2.81. The highest BCUT2D eigenvalue weighted by Gasteiger charge is 2.15. The van der Waals surface area contributed by atoms with Crippen molar-refractivity contribution in [2.45, 2.75) is 31.8 Å². The van der Waals surface area contributed by atoms with E-state index in [1.807, 2.05) is 0 Å². The lowest BCUT2D eigenvalue weighted by Crippen LogP contribution is -2.34. The lowest BCUT2D eigenvalue weighted by atomic mass is 9.93. The number of hydrogen-bond donors (Lipinski definition) is 1. The van der Waals surface area contributed by atoms with Crippen LogP contribution in [0.2, 0.25) is 0 Å². The average Bonchev–Trinajstić information content (AvgIpc) is 1.99. The van der Waals surface area contributed by atoms with Crippen LogP contribution in [-0.4, -0.2) is 6.04 Å². The standard InChI is InChI=1S/C11H13Br2N/c12-9-4-8(5-10(13)6-9)7-14-11-2-1-3-11/h4-6,11,14H,1-3,7H2. The van der Waals surface area contributed by atoms with E-state index in [9.17, 15) is 0 Å². The van der Waals surface area contributed by atoms with Gasteiger partial charge in [-0.25, -0.2) is 0 Å². The molecule has 0 radical (unpaired) electrons. The van der Waals surface area contributed by atoms with Gasteiger partial charge in [-0.3, -0.25) is 0 Å². The van der Waals surface area contributed by atoms with Gasteiger partial charge < -0.3 is 5.32 Å². The minimum Gasteiger partial charge on any atom is -0.310 e. The predicted octanol–water partition coefficient (Wildman–Crippen LogP) is 3.85. The van der Waals surface area contributed by atoms with Gasteiger partial charge in [-0.2, -0.15) is 0 Å². The van der Waals surface area contributed by atoms with Crippen LogP contribution in [0.4, 0.5) is 0 Å². The molecule has 76 valence electrons. The smallest absolute Gasteiger partial charge is 0.0208 e. The lowest BCUT2D eigenvalue weighted by Gasteiger charge is -2.26. The maximum atomic E-state index is 3.55. The first kappa shape index (κ1) is 10.7. The zero-order valence-electron chi connectivity index (χ0n) is 7.89. The molecule has 0 atom stereocenters. The minimum absolute atomic E-state index is 0.757. The van der Waals surface area contributed by atoms with Crippen molar-refractivity contribution in [1.82, 2.24) is 5.32 Å². The van der Waals surface area contributed by atoms with Crippen molar-refractivity contribution < 1.29 is 0 Å². The fourth-order valence-electron chi connectivity index (χ4n) is 1.59. The number of halogens is 2. The van der Waals surface area contributed by atoms with Gasteiger partial charge in [-0.1, -0.05) is 38.3 Å². The molecule has 1 fully saturated rings. The average molecular weight is 319 g/mol. The third-order valence-electron chi connectivity index (χ3n) is 2.62. The monoisotopic (exact) mass is 317 g/mol. The van der Waals surface area contributed by atoms with E-state index in [0.29, 0.717) is 0 Å². The zero-order valence-corrected chi connectivity index (χ0v) is 11.1. The van der Waals surface area contributed by atoms with Crippen molar-refractivity contribution in [3.8, 4) is 0 Å². The normalized spacial score (nSPS) is 16.7. The van der Waals surface area contributed by atoms with Gasteiger partial charge in [0.2, 0.25) is 0 Å². The molecule has 0 bridgehead atoms. The second kappa shape index (κ2) is 4.77. The molecule has 2 rings (SSSR count). The predicted molar refractivity (Wildman–Crippen MR) is 66.3 cm³/mol. The van der Waals surface area contributed by atoms with Crippen LogP contribution < -0.4 is 5.32 Å². The fourth-order valence-corrected chi connectivity index (χ4v) is 2.98. The molecule has 14 heavy (non-hydrogen) atoms. The topological polar surface area (TPSA) is 12.0 Å². The third-order valence-corrected chi connectivity index (χ3v) is 3.54. The molecule has 1 N–H and O–H groups in total. The summed E-state index contributed by atoms with van der Waals surface area (Å²) in [5, 5.41) is 3.55. The summed E-state index contributed by atoms with van der Waals surface area (Å²) in [5.41, 5.74) is 1.33. The Bertz CT molecular complexity index is 301. The first-order chi connectivity index (χ1) is 6.74. The maximum Gasteiger partial charge on any atom is 0.0208 e. The summed E-state index contributed by atoms with van der Waals surface area (Å²) in [5.74, 6) is 0. The number of nitrogens with one attached hydrogen (secondary N) is 1. The van der Waals surface area contributed by atoms with Gasteiger partial charge in [0.25, 0.3) is 0 Å². The highest BCUT2D eigenvalue weighted by molar-refractivity contribution is 9.11. The minimum atomic E-state index is 0.757. The van der Waals surface area contributed by atoms with Crippen LogP contribution in [0.5, 0.6) is 0 Å². The molecule has 1 aromatic carbocycles. The Kier molecular flexibility index (Phi) is 3.63. The number of rotatable bonds is 3. The molecule has 1 aromatic rings. The number of hydrogen-bond acceptors (Lipinski definition) is 1. The summed E-state index contributed by atoms with van der Waals surface area (Å²) in [7, 11) is 0.